The predicted octanol–water partition coefficient (Wildman–Crippen LogP) is 0.658. The summed E-state index contributed by atoms with van der Waals surface area (Å²) >= 11 is 0. The highest BCUT2D eigenvalue weighted by Crippen LogP contribution is 2.34. The number of hydrogen-bond acceptors (Lipinski definition) is 2. The monoisotopic (exact) mass is 168 g/mol. The maximum absolute atomic E-state index is 10.6. The minimum atomic E-state index is -1.78. The molecule has 0 aromatic heterocycles. The van der Waals surface area contributed by atoms with E-state index in [1.54, 1.807) is 0 Å². The van der Waals surface area contributed by atoms with E-state index in [2.05, 4.69) is 6.58 Å². The van der Waals surface area contributed by atoms with Crippen molar-refractivity contribution in [2.75, 3.05) is 0 Å². The Kier molecular flexibility index (Phi) is 1.76. The first kappa shape index (κ1) is 8.52. The fourth-order valence-corrected chi connectivity index (χ4v) is 1.12. The van der Waals surface area contributed by atoms with Gasteiger partial charge in [-0.2, -0.15) is 0 Å². The first-order valence-corrected chi connectivity index (χ1v) is 3.33. The van der Waals surface area contributed by atoms with Gasteiger partial charge in [0.2, 0.25) is 0 Å². The zero-order chi connectivity index (χ0) is 9.35. The van der Waals surface area contributed by atoms with Crippen LogP contribution in [0, 0.1) is 5.41 Å². The number of aliphatic carboxylic acids is 2. The maximum Gasteiger partial charge on any atom is 0.325 e. The Morgan fingerprint density at radius 2 is 1.92 bits per heavy atom. The normalized spacial score (nSPS) is 19.5. The average Bonchev–Trinajstić information content (AvgIpc) is 2.32. The van der Waals surface area contributed by atoms with Gasteiger partial charge in [0, 0.05) is 6.42 Å². The number of carboxylic acids is 2. The molecule has 4 nitrogen and oxygen atoms in total. The number of rotatable bonds is 2. The summed E-state index contributed by atoms with van der Waals surface area (Å²) in [7, 11) is 0. The summed E-state index contributed by atoms with van der Waals surface area (Å²) in [5.74, 6) is -2.69. The van der Waals surface area contributed by atoms with Gasteiger partial charge in [-0.05, 0) is 0 Å². The second-order valence-electron chi connectivity index (χ2n) is 2.75. The fourth-order valence-electron chi connectivity index (χ4n) is 1.12. The van der Waals surface area contributed by atoms with Crippen LogP contribution in [0.25, 0.3) is 0 Å². The van der Waals surface area contributed by atoms with Crippen LogP contribution >= 0.6 is 0 Å². The first-order valence-electron chi connectivity index (χ1n) is 3.33. The van der Waals surface area contributed by atoms with Gasteiger partial charge >= 0.3 is 11.9 Å². The van der Waals surface area contributed by atoms with E-state index in [0.717, 1.165) is 0 Å². The number of hydrogen-bond donors (Lipinski definition) is 2. The largest absolute Gasteiger partial charge is 0.480 e. The molecule has 0 unspecified atom stereocenters. The zero-order valence-electron chi connectivity index (χ0n) is 6.28. The van der Waals surface area contributed by atoms with E-state index < -0.39 is 17.4 Å². The Labute approximate surface area is 68.8 Å². The summed E-state index contributed by atoms with van der Waals surface area (Å²) in [6, 6.07) is 0. The molecule has 0 saturated heterocycles. The van der Waals surface area contributed by atoms with Crippen LogP contribution < -0.4 is 0 Å². The van der Waals surface area contributed by atoms with Crippen molar-refractivity contribution in [3.05, 3.63) is 24.3 Å². The lowest BCUT2D eigenvalue weighted by Crippen LogP contribution is -2.35. The third-order valence-corrected chi connectivity index (χ3v) is 1.87. The molecule has 2 N–H and O–H groups in total. The van der Waals surface area contributed by atoms with E-state index in [-0.39, 0.29) is 6.42 Å². The summed E-state index contributed by atoms with van der Waals surface area (Å²) in [5.41, 5.74) is -1.25. The molecule has 0 atom stereocenters. The number of allylic oxidation sites excluding steroid dienone is 2. The van der Waals surface area contributed by atoms with Gasteiger partial charge in [-0.15, -0.1) is 0 Å². The molecule has 1 rings (SSSR count). The zero-order valence-corrected chi connectivity index (χ0v) is 6.28. The van der Waals surface area contributed by atoms with Gasteiger partial charge in [-0.1, -0.05) is 24.3 Å². The van der Waals surface area contributed by atoms with Crippen LogP contribution in [0.1, 0.15) is 6.42 Å². The van der Waals surface area contributed by atoms with Gasteiger partial charge in [-0.25, -0.2) is 0 Å². The molecule has 64 valence electrons. The Hall–Kier alpha value is -1.58. The first-order chi connectivity index (χ1) is 5.49. The molecule has 1 aliphatic rings. The summed E-state index contributed by atoms with van der Waals surface area (Å²) in [5, 5.41) is 17.4. The van der Waals surface area contributed by atoms with E-state index >= 15 is 0 Å². The standard InChI is InChI=1S/C8H8O4/c1-5-2-3-8(4-5,6(9)10)7(11)12/h2-3H,1,4H2,(H,9,10)(H,11,12). The molecule has 0 bridgehead atoms. The third-order valence-electron chi connectivity index (χ3n) is 1.87. The van der Waals surface area contributed by atoms with Gasteiger partial charge in [0.25, 0.3) is 0 Å². The lowest BCUT2D eigenvalue weighted by molar-refractivity contribution is -0.160. The Bertz CT molecular complexity index is 273. The molecular weight excluding hydrogens is 160 g/mol. The Morgan fingerprint density at radius 3 is 2.08 bits per heavy atom. The molecule has 4 heteroatoms. The van der Waals surface area contributed by atoms with E-state index in [4.69, 9.17) is 10.2 Å². The van der Waals surface area contributed by atoms with Gasteiger partial charge in [0.1, 0.15) is 0 Å². The SMILES string of the molecule is C=C1C=CC(C(=O)O)(C(=O)O)C1. The Balaban J connectivity index is 3.07. The molecule has 0 fully saturated rings. The highest BCUT2D eigenvalue weighted by Gasteiger charge is 2.46. The van der Waals surface area contributed by atoms with E-state index in [1.807, 2.05) is 0 Å². The predicted molar refractivity (Wildman–Crippen MR) is 40.6 cm³/mol. The van der Waals surface area contributed by atoms with Crippen molar-refractivity contribution in [1.29, 1.82) is 0 Å². The van der Waals surface area contributed by atoms with Gasteiger partial charge in [-0.3, -0.25) is 9.59 Å². The van der Waals surface area contributed by atoms with E-state index in [9.17, 15) is 9.59 Å². The fraction of sp³-hybridized carbons (Fsp3) is 0.250. The van der Waals surface area contributed by atoms with Crippen LogP contribution in [-0.4, -0.2) is 22.2 Å². The molecule has 0 aromatic carbocycles. The summed E-state index contributed by atoms with van der Waals surface area (Å²) in [6.45, 7) is 3.50. The molecule has 0 aromatic rings. The number of carboxylic acid groups (broad SMARTS) is 2. The average molecular weight is 168 g/mol. The molecule has 0 saturated carbocycles. The topological polar surface area (TPSA) is 74.6 Å². The highest BCUT2D eigenvalue weighted by atomic mass is 16.4. The summed E-state index contributed by atoms with van der Waals surface area (Å²) in [4.78, 5) is 21.3. The third kappa shape index (κ3) is 1.01. The lowest BCUT2D eigenvalue weighted by atomic mass is 9.87. The highest BCUT2D eigenvalue weighted by molar-refractivity contribution is 6.01. The molecular formula is C8H8O4. The molecule has 0 aliphatic heterocycles. The second-order valence-corrected chi connectivity index (χ2v) is 2.75. The molecule has 0 spiro atoms. The van der Waals surface area contributed by atoms with Crippen molar-refractivity contribution < 1.29 is 19.8 Å². The minimum absolute atomic E-state index is 0.0440. The van der Waals surface area contributed by atoms with Crippen LogP contribution in [0.4, 0.5) is 0 Å². The van der Waals surface area contributed by atoms with Crippen LogP contribution in [0.5, 0.6) is 0 Å². The summed E-state index contributed by atoms with van der Waals surface area (Å²) < 4.78 is 0. The number of carbonyl (C=O) groups is 2. The quantitative estimate of drug-likeness (QED) is 0.594. The van der Waals surface area contributed by atoms with Crippen molar-refractivity contribution >= 4 is 11.9 Å². The smallest absolute Gasteiger partial charge is 0.325 e. The second kappa shape index (κ2) is 2.48. The summed E-state index contributed by atoms with van der Waals surface area (Å²) in [6.07, 6.45) is 2.56. The van der Waals surface area contributed by atoms with Gasteiger partial charge < -0.3 is 10.2 Å². The van der Waals surface area contributed by atoms with Crippen molar-refractivity contribution in [2.24, 2.45) is 5.41 Å². The van der Waals surface area contributed by atoms with Gasteiger partial charge in [0.05, 0.1) is 0 Å². The molecule has 0 radical (unpaired) electrons. The van der Waals surface area contributed by atoms with E-state index in [0.29, 0.717) is 5.57 Å². The maximum atomic E-state index is 10.6. The van der Waals surface area contributed by atoms with Crippen LogP contribution in [0.3, 0.4) is 0 Å². The van der Waals surface area contributed by atoms with Crippen LogP contribution in [0.15, 0.2) is 24.3 Å². The van der Waals surface area contributed by atoms with E-state index in [1.165, 1.54) is 12.2 Å². The van der Waals surface area contributed by atoms with Crippen molar-refractivity contribution in [3.63, 3.8) is 0 Å². The Morgan fingerprint density at radius 1 is 1.42 bits per heavy atom. The van der Waals surface area contributed by atoms with Crippen LogP contribution in [-0.2, 0) is 9.59 Å². The van der Waals surface area contributed by atoms with Crippen LogP contribution in [0.2, 0.25) is 0 Å². The van der Waals surface area contributed by atoms with Gasteiger partial charge in [0.15, 0.2) is 5.41 Å². The van der Waals surface area contributed by atoms with Crippen molar-refractivity contribution in [2.45, 2.75) is 6.42 Å². The molecule has 0 heterocycles. The molecule has 0 amide bonds. The lowest BCUT2D eigenvalue weighted by Gasteiger charge is -2.15. The van der Waals surface area contributed by atoms with Crippen molar-refractivity contribution in [3.8, 4) is 0 Å². The van der Waals surface area contributed by atoms with Crippen molar-refractivity contribution in [1.82, 2.24) is 0 Å². The minimum Gasteiger partial charge on any atom is -0.480 e. The molecule has 1 aliphatic carbocycles. The molecule has 12 heavy (non-hydrogen) atoms.